The number of non-ortho nitro benzene ring substituents is 1. The molecule has 0 radical (unpaired) electrons. The molecule has 0 aliphatic heterocycles. The topological polar surface area (TPSA) is 124 Å². The highest BCUT2D eigenvalue weighted by Gasteiger charge is 2.17. The molecule has 0 unspecified atom stereocenters. The van der Waals surface area contributed by atoms with E-state index in [0.29, 0.717) is 32.4 Å². The highest BCUT2D eigenvalue weighted by molar-refractivity contribution is 7.20. The third-order valence-corrected chi connectivity index (χ3v) is 5.92. The maximum atomic E-state index is 12.4. The number of nitrogens with zero attached hydrogens (tertiary/aromatic N) is 2. The molecule has 2 heterocycles. The first-order valence-electron chi connectivity index (χ1n) is 9.35. The second kappa shape index (κ2) is 9.23. The average Bonchev–Trinajstić information content (AvgIpc) is 3.45. The Labute approximate surface area is 195 Å². The summed E-state index contributed by atoms with van der Waals surface area (Å²) in [5, 5.41) is 15.8. The van der Waals surface area contributed by atoms with Crippen molar-refractivity contribution in [1.82, 2.24) is 5.43 Å². The largest absolute Gasteiger partial charge is 0.465 e. The van der Waals surface area contributed by atoms with Crippen LogP contribution in [0.25, 0.3) is 21.4 Å². The fraction of sp³-hybridized carbons (Fsp3) is 0.0455. The molecule has 4 aromatic rings. The molecule has 0 fully saturated rings. The minimum Gasteiger partial charge on any atom is -0.465 e. The number of nitro groups is 1. The Morgan fingerprint density at radius 2 is 2.00 bits per heavy atom. The summed E-state index contributed by atoms with van der Waals surface area (Å²) in [6.07, 6.45) is 1.31. The lowest BCUT2D eigenvalue weighted by Crippen LogP contribution is -2.15. The van der Waals surface area contributed by atoms with Crippen LogP contribution in [0.15, 0.2) is 64.1 Å². The molecule has 0 bridgehead atoms. The molecular formula is C22H14ClN3O6S. The predicted molar refractivity (Wildman–Crippen MR) is 124 cm³/mol. The highest BCUT2D eigenvalue weighted by Crippen LogP contribution is 2.30. The summed E-state index contributed by atoms with van der Waals surface area (Å²) < 4.78 is 11.2. The number of halogens is 1. The molecule has 0 spiro atoms. The quantitative estimate of drug-likeness (QED) is 0.172. The van der Waals surface area contributed by atoms with Gasteiger partial charge in [-0.2, -0.15) is 5.10 Å². The van der Waals surface area contributed by atoms with Gasteiger partial charge in [0.15, 0.2) is 0 Å². The van der Waals surface area contributed by atoms with Gasteiger partial charge in [-0.05, 0) is 42.5 Å². The third-order valence-electron chi connectivity index (χ3n) is 4.57. The van der Waals surface area contributed by atoms with E-state index in [9.17, 15) is 19.7 Å². The number of furan rings is 1. The van der Waals surface area contributed by atoms with Gasteiger partial charge in [0, 0.05) is 32.8 Å². The zero-order chi connectivity index (χ0) is 23.5. The monoisotopic (exact) mass is 483 g/mol. The van der Waals surface area contributed by atoms with E-state index >= 15 is 0 Å². The Morgan fingerprint density at radius 3 is 2.76 bits per heavy atom. The lowest BCUT2D eigenvalue weighted by atomic mass is 10.1. The van der Waals surface area contributed by atoms with Crippen LogP contribution in [-0.2, 0) is 4.74 Å². The molecule has 4 rings (SSSR count). The van der Waals surface area contributed by atoms with Crippen LogP contribution in [0.1, 0.15) is 25.8 Å². The standard InChI is InChI=1S/C22H14ClN3O6S/c1-31-22(28)16-5-2-13(23)10-17(16)18-6-4-15(32-18)11-24-25-21(27)20-9-12-8-14(26(29)30)3-7-19(12)33-20/h2-11H,1H3,(H,25,27)/b24-11+. The Bertz CT molecular complexity index is 1420. The minimum atomic E-state index is -0.533. The van der Waals surface area contributed by atoms with Gasteiger partial charge in [-0.3, -0.25) is 14.9 Å². The summed E-state index contributed by atoms with van der Waals surface area (Å²) in [5.74, 6) is -0.302. The van der Waals surface area contributed by atoms with Crippen molar-refractivity contribution < 1.29 is 23.7 Å². The molecule has 0 aliphatic rings. The van der Waals surface area contributed by atoms with Crippen LogP contribution in [0.4, 0.5) is 5.69 Å². The lowest BCUT2D eigenvalue weighted by Gasteiger charge is -2.06. The van der Waals surface area contributed by atoms with Crippen molar-refractivity contribution >= 4 is 56.8 Å². The zero-order valence-corrected chi connectivity index (χ0v) is 18.5. The van der Waals surface area contributed by atoms with E-state index in [1.165, 1.54) is 36.8 Å². The molecule has 2 aromatic carbocycles. The molecule has 0 atom stereocenters. The minimum absolute atomic E-state index is 0.0473. The van der Waals surface area contributed by atoms with Gasteiger partial charge < -0.3 is 9.15 Å². The van der Waals surface area contributed by atoms with Crippen LogP contribution in [0.3, 0.4) is 0 Å². The summed E-state index contributed by atoms with van der Waals surface area (Å²) >= 11 is 7.24. The number of thiophene rings is 1. The number of esters is 1. The van der Waals surface area contributed by atoms with Crippen molar-refractivity contribution in [2.45, 2.75) is 0 Å². The maximum Gasteiger partial charge on any atom is 0.338 e. The number of fused-ring (bicyclic) bond motifs is 1. The van der Waals surface area contributed by atoms with Crippen LogP contribution in [0.5, 0.6) is 0 Å². The number of rotatable bonds is 6. The number of methoxy groups -OCH3 is 1. The second-order valence-electron chi connectivity index (χ2n) is 6.67. The van der Waals surface area contributed by atoms with Crippen molar-refractivity contribution in [3.05, 3.63) is 85.9 Å². The molecule has 0 aliphatic carbocycles. The summed E-state index contributed by atoms with van der Waals surface area (Å²) in [6, 6.07) is 13.9. The molecule has 166 valence electrons. The third kappa shape index (κ3) is 4.76. The smallest absolute Gasteiger partial charge is 0.338 e. The fourth-order valence-electron chi connectivity index (χ4n) is 3.04. The summed E-state index contributed by atoms with van der Waals surface area (Å²) in [7, 11) is 1.28. The molecule has 1 amide bonds. The first-order valence-corrected chi connectivity index (χ1v) is 10.5. The molecule has 1 N–H and O–H groups in total. The van der Waals surface area contributed by atoms with E-state index in [1.54, 1.807) is 42.5 Å². The summed E-state index contributed by atoms with van der Waals surface area (Å²) in [4.78, 5) is 35.2. The molecule has 9 nitrogen and oxygen atoms in total. The number of nitro benzene ring substituents is 1. The number of hydrazone groups is 1. The lowest BCUT2D eigenvalue weighted by molar-refractivity contribution is -0.384. The summed E-state index contributed by atoms with van der Waals surface area (Å²) in [5.41, 5.74) is 3.09. The molecule has 2 aromatic heterocycles. The van der Waals surface area contributed by atoms with Gasteiger partial charge in [0.1, 0.15) is 11.5 Å². The van der Waals surface area contributed by atoms with E-state index < -0.39 is 16.8 Å². The number of carbonyl (C=O) groups is 2. The van der Waals surface area contributed by atoms with E-state index in [-0.39, 0.29) is 11.3 Å². The van der Waals surface area contributed by atoms with Gasteiger partial charge in [0.2, 0.25) is 0 Å². The van der Waals surface area contributed by atoms with Crippen LogP contribution in [0.2, 0.25) is 5.02 Å². The van der Waals surface area contributed by atoms with Crippen LogP contribution < -0.4 is 5.43 Å². The van der Waals surface area contributed by atoms with E-state index in [4.69, 9.17) is 20.8 Å². The number of hydrogen-bond donors (Lipinski definition) is 1. The molecular weight excluding hydrogens is 470 g/mol. The SMILES string of the molecule is COC(=O)c1ccc(Cl)cc1-c1ccc(/C=N/NC(=O)c2cc3cc([N+](=O)[O-])ccc3s2)o1. The predicted octanol–water partition coefficient (Wildman–Crippen LogP) is 5.27. The number of nitrogens with one attached hydrogen (secondary N) is 1. The van der Waals surface area contributed by atoms with E-state index in [1.807, 2.05) is 0 Å². The zero-order valence-electron chi connectivity index (χ0n) is 16.9. The highest BCUT2D eigenvalue weighted by atomic mass is 35.5. The van der Waals surface area contributed by atoms with Crippen molar-refractivity contribution in [1.29, 1.82) is 0 Å². The Morgan fingerprint density at radius 1 is 1.18 bits per heavy atom. The van der Waals surface area contributed by atoms with E-state index in [2.05, 4.69) is 10.5 Å². The van der Waals surface area contributed by atoms with Gasteiger partial charge in [-0.1, -0.05) is 11.6 Å². The van der Waals surface area contributed by atoms with Crippen LogP contribution in [-0.4, -0.2) is 30.1 Å². The molecule has 0 saturated heterocycles. The Kier molecular flexibility index (Phi) is 6.20. The van der Waals surface area contributed by atoms with Gasteiger partial charge in [0.05, 0.1) is 28.7 Å². The Hall–Kier alpha value is -4.02. The van der Waals surface area contributed by atoms with Gasteiger partial charge in [-0.15, -0.1) is 11.3 Å². The van der Waals surface area contributed by atoms with Crippen molar-refractivity contribution in [2.24, 2.45) is 5.10 Å². The normalized spacial score (nSPS) is 11.1. The first kappa shape index (κ1) is 22.2. The average molecular weight is 484 g/mol. The molecule has 11 heteroatoms. The number of amides is 1. The van der Waals surface area contributed by atoms with E-state index in [0.717, 1.165) is 4.70 Å². The number of ether oxygens (including phenoxy) is 1. The van der Waals surface area contributed by atoms with Gasteiger partial charge in [0.25, 0.3) is 11.6 Å². The second-order valence-corrected chi connectivity index (χ2v) is 8.19. The summed E-state index contributed by atoms with van der Waals surface area (Å²) in [6.45, 7) is 0. The first-order chi connectivity index (χ1) is 15.9. The number of hydrogen-bond acceptors (Lipinski definition) is 8. The van der Waals surface area contributed by atoms with Crippen molar-refractivity contribution in [3.8, 4) is 11.3 Å². The number of benzene rings is 2. The van der Waals surface area contributed by atoms with Gasteiger partial charge >= 0.3 is 5.97 Å². The Balaban J connectivity index is 1.49. The van der Waals surface area contributed by atoms with Crippen LogP contribution >= 0.6 is 22.9 Å². The van der Waals surface area contributed by atoms with Crippen molar-refractivity contribution in [3.63, 3.8) is 0 Å². The molecule has 0 saturated carbocycles. The number of carbonyl (C=O) groups excluding carboxylic acids is 2. The maximum absolute atomic E-state index is 12.4. The van der Waals surface area contributed by atoms with Gasteiger partial charge in [-0.25, -0.2) is 10.2 Å². The van der Waals surface area contributed by atoms with Crippen molar-refractivity contribution in [2.75, 3.05) is 7.11 Å². The van der Waals surface area contributed by atoms with Crippen LogP contribution in [0, 0.1) is 10.1 Å². The molecule has 33 heavy (non-hydrogen) atoms. The fourth-order valence-corrected chi connectivity index (χ4v) is 4.15.